The van der Waals surface area contributed by atoms with Gasteiger partial charge in [0.05, 0.1) is 6.21 Å². The van der Waals surface area contributed by atoms with E-state index in [9.17, 15) is 9.59 Å². The summed E-state index contributed by atoms with van der Waals surface area (Å²) in [6, 6.07) is 18.1. The molecule has 3 rings (SSSR count). The molecule has 3 aromatic rings. The molecule has 2 amide bonds. The van der Waals surface area contributed by atoms with Crippen molar-refractivity contribution in [2.45, 2.75) is 26.2 Å². The lowest BCUT2D eigenvalue weighted by Crippen LogP contribution is -2.18. The monoisotopic (exact) mass is 405 g/mol. The average Bonchev–Trinajstić information content (AvgIpc) is 3.21. The Morgan fingerprint density at radius 3 is 2.10 bits per heavy atom. The van der Waals surface area contributed by atoms with Gasteiger partial charge < -0.3 is 5.32 Å². The smallest absolute Gasteiger partial charge is 0.271 e. The summed E-state index contributed by atoms with van der Waals surface area (Å²) in [5.41, 5.74) is 5.37. The van der Waals surface area contributed by atoms with E-state index in [4.69, 9.17) is 0 Å². The molecule has 148 valence electrons. The number of benzene rings is 2. The van der Waals surface area contributed by atoms with E-state index in [-0.39, 0.29) is 17.2 Å². The predicted molar refractivity (Wildman–Crippen MR) is 119 cm³/mol. The molecule has 0 atom stereocenters. The molecule has 0 aliphatic rings. The Kier molecular flexibility index (Phi) is 6.24. The summed E-state index contributed by atoms with van der Waals surface area (Å²) >= 11 is 1.54. The van der Waals surface area contributed by atoms with Crippen LogP contribution in [0, 0.1) is 0 Å². The molecule has 0 radical (unpaired) electrons. The number of nitrogens with zero attached hydrogens (tertiary/aromatic N) is 1. The molecule has 2 aromatic carbocycles. The lowest BCUT2D eigenvalue weighted by atomic mass is 9.87. The predicted octanol–water partition coefficient (Wildman–Crippen LogP) is 5.06. The number of hydrogen-bond donors (Lipinski definition) is 2. The molecule has 0 unspecified atom stereocenters. The van der Waals surface area contributed by atoms with Gasteiger partial charge in [0.1, 0.15) is 0 Å². The zero-order chi connectivity index (χ0) is 20.9. The second-order valence-corrected chi connectivity index (χ2v) is 8.55. The molecule has 1 heterocycles. The maximum atomic E-state index is 12.4. The minimum atomic E-state index is -0.312. The number of nitrogens with one attached hydrogen (secondary N) is 2. The number of anilines is 1. The number of thiophene rings is 1. The van der Waals surface area contributed by atoms with Crippen molar-refractivity contribution in [2.24, 2.45) is 5.10 Å². The largest absolute Gasteiger partial charge is 0.322 e. The van der Waals surface area contributed by atoms with Crippen molar-refractivity contribution < 1.29 is 9.59 Å². The molecule has 2 N–H and O–H groups in total. The fourth-order valence-corrected chi connectivity index (χ4v) is 3.20. The summed E-state index contributed by atoms with van der Waals surface area (Å²) in [7, 11) is 0. The van der Waals surface area contributed by atoms with Crippen molar-refractivity contribution in [2.75, 3.05) is 5.32 Å². The maximum Gasteiger partial charge on any atom is 0.271 e. The fraction of sp³-hybridized carbons (Fsp3) is 0.174. The van der Waals surface area contributed by atoms with Gasteiger partial charge in [-0.15, -0.1) is 11.3 Å². The molecule has 5 nitrogen and oxygen atoms in total. The summed E-state index contributed by atoms with van der Waals surface area (Å²) in [6.45, 7) is 6.40. The topological polar surface area (TPSA) is 70.6 Å². The van der Waals surface area contributed by atoms with Gasteiger partial charge >= 0.3 is 0 Å². The van der Waals surface area contributed by atoms with E-state index in [1.807, 2.05) is 41.8 Å². The lowest BCUT2D eigenvalue weighted by Gasteiger charge is -2.19. The molecule has 0 bridgehead atoms. The van der Waals surface area contributed by atoms with Crippen LogP contribution in [-0.4, -0.2) is 18.0 Å². The van der Waals surface area contributed by atoms with Gasteiger partial charge in [-0.2, -0.15) is 5.10 Å². The number of rotatable bonds is 5. The Bertz CT molecular complexity index is 1000. The van der Waals surface area contributed by atoms with Crippen molar-refractivity contribution in [1.29, 1.82) is 0 Å². The van der Waals surface area contributed by atoms with E-state index in [1.165, 1.54) is 16.9 Å². The highest BCUT2D eigenvalue weighted by atomic mass is 32.1. The van der Waals surface area contributed by atoms with Crippen LogP contribution in [0.15, 0.2) is 71.1 Å². The van der Waals surface area contributed by atoms with Crippen LogP contribution in [0.2, 0.25) is 0 Å². The molecule has 1 aromatic heterocycles. The van der Waals surface area contributed by atoms with Crippen LogP contribution in [0.5, 0.6) is 0 Å². The number of hydrazone groups is 1. The van der Waals surface area contributed by atoms with Crippen LogP contribution < -0.4 is 10.7 Å². The summed E-state index contributed by atoms with van der Waals surface area (Å²) < 4.78 is 0. The summed E-state index contributed by atoms with van der Waals surface area (Å²) in [5, 5.41) is 8.73. The molecular formula is C23H23N3O2S. The Morgan fingerprint density at radius 1 is 0.897 bits per heavy atom. The van der Waals surface area contributed by atoms with Gasteiger partial charge in [0, 0.05) is 21.7 Å². The van der Waals surface area contributed by atoms with Crippen LogP contribution in [0.25, 0.3) is 0 Å². The van der Waals surface area contributed by atoms with Crippen LogP contribution in [0.1, 0.15) is 51.9 Å². The van der Waals surface area contributed by atoms with Gasteiger partial charge in [0.15, 0.2) is 0 Å². The third-order valence-corrected chi connectivity index (χ3v) is 5.13. The molecule has 6 heteroatoms. The second-order valence-electron chi connectivity index (χ2n) is 7.57. The van der Waals surface area contributed by atoms with Gasteiger partial charge in [-0.25, -0.2) is 5.43 Å². The van der Waals surface area contributed by atoms with Crippen LogP contribution in [0.4, 0.5) is 5.69 Å². The first kappa shape index (κ1) is 20.5. The molecule has 0 spiro atoms. The van der Waals surface area contributed by atoms with E-state index in [1.54, 1.807) is 30.5 Å². The average molecular weight is 406 g/mol. The summed E-state index contributed by atoms with van der Waals surface area (Å²) in [4.78, 5) is 25.5. The molecular weight excluding hydrogens is 382 g/mol. The van der Waals surface area contributed by atoms with Crippen molar-refractivity contribution >= 4 is 35.1 Å². The number of hydrogen-bond acceptors (Lipinski definition) is 4. The highest BCUT2D eigenvalue weighted by Gasteiger charge is 2.14. The molecule has 0 saturated carbocycles. The first-order valence-electron chi connectivity index (χ1n) is 9.22. The zero-order valence-electron chi connectivity index (χ0n) is 16.6. The van der Waals surface area contributed by atoms with E-state index in [2.05, 4.69) is 36.6 Å². The SMILES string of the molecule is CC(C)(C)c1ccc(C(=O)Nc2ccc(C(=O)NN=Cc3cccs3)cc2)cc1. The molecule has 0 aliphatic carbocycles. The van der Waals surface area contributed by atoms with Crippen LogP contribution in [0.3, 0.4) is 0 Å². The lowest BCUT2D eigenvalue weighted by molar-refractivity contribution is 0.0954. The van der Waals surface area contributed by atoms with E-state index in [0.717, 1.165) is 4.88 Å². The zero-order valence-corrected chi connectivity index (χ0v) is 17.4. The third-order valence-electron chi connectivity index (χ3n) is 4.32. The van der Waals surface area contributed by atoms with Gasteiger partial charge in [-0.1, -0.05) is 39.0 Å². The minimum absolute atomic E-state index is 0.0409. The van der Waals surface area contributed by atoms with E-state index < -0.39 is 0 Å². The van der Waals surface area contributed by atoms with Gasteiger partial charge in [0.2, 0.25) is 0 Å². The van der Waals surface area contributed by atoms with Gasteiger partial charge in [-0.3, -0.25) is 9.59 Å². The highest BCUT2D eigenvalue weighted by Crippen LogP contribution is 2.22. The number of carbonyl (C=O) groups excluding carboxylic acids is 2. The number of amides is 2. The number of carbonyl (C=O) groups is 2. The summed E-state index contributed by atoms with van der Waals surface area (Å²) in [5.74, 6) is -0.503. The molecule has 29 heavy (non-hydrogen) atoms. The summed E-state index contributed by atoms with van der Waals surface area (Å²) in [6.07, 6.45) is 1.60. The second kappa shape index (κ2) is 8.84. The Morgan fingerprint density at radius 2 is 1.52 bits per heavy atom. The normalized spacial score (nSPS) is 11.4. The van der Waals surface area contributed by atoms with Crippen LogP contribution >= 0.6 is 11.3 Å². The molecule has 0 saturated heterocycles. The van der Waals surface area contributed by atoms with Crippen molar-refractivity contribution in [1.82, 2.24) is 5.43 Å². The highest BCUT2D eigenvalue weighted by molar-refractivity contribution is 7.11. The maximum absolute atomic E-state index is 12.4. The fourth-order valence-electron chi connectivity index (χ4n) is 2.61. The Balaban J connectivity index is 1.58. The van der Waals surface area contributed by atoms with Crippen molar-refractivity contribution in [3.63, 3.8) is 0 Å². The van der Waals surface area contributed by atoms with Gasteiger partial charge in [-0.05, 0) is 58.8 Å². The first-order valence-corrected chi connectivity index (χ1v) is 10.1. The van der Waals surface area contributed by atoms with E-state index in [0.29, 0.717) is 16.8 Å². The van der Waals surface area contributed by atoms with Crippen LogP contribution in [-0.2, 0) is 5.41 Å². The van der Waals surface area contributed by atoms with Crippen molar-refractivity contribution in [3.8, 4) is 0 Å². The van der Waals surface area contributed by atoms with Crippen molar-refractivity contribution in [3.05, 3.63) is 87.6 Å². The van der Waals surface area contributed by atoms with E-state index >= 15 is 0 Å². The minimum Gasteiger partial charge on any atom is -0.322 e. The third kappa shape index (κ3) is 5.62. The molecule has 0 aliphatic heterocycles. The molecule has 0 fully saturated rings. The Hall–Kier alpha value is -3.25. The van der Waals surface area contributed by atoms with Gasteiger partial charge in [0.25, 0.3) is 11.8 Å². The quantitative estimate of drug-likeness (QED) is 0.460. The Labute approximate surface area is 174 Å². The first-order chi connectivity index (χ1) is 13.8. The standard InChI is InChI=1S/C23H23N3O2S/c1-23(2,3)18-10-6-16(7-11-18)21(27)25-19-12-8-17(9-13-19)22(28)26-24-15-20-5-4-14-29-20/h4-15H,1-3H3,(H,25,27)(H,26,28).